The number of halogens is 1. The van der Waals surface area contributed by atoms with Crippen molar-refractivity contribution < 1.29 is 9.84 Å². The maximum atomic E-state index is 10.8. The van der Waals surface area contributed by atoms with Gasteiger partial charge in [0.1, 0.15) is 11.6 Å². The van der Waals surface area contributed by atoms with Crippen molar-refractivity contribution in [2.24, 2.45) is 0 Å². The number of H-pyrrole nitrogens is 1. The number of fused-ring (bicyclic) bond motifs is 1. The van der Waals surface area contributed by atoms with Crippen LogP contribution in [0.25, 0.3) is 0 Å². The molecule has 1 unspecified atom stereocenters. The average Bonchev–Trinajstić information content (AvgIpc) is 2.84. The summed E-state index contributed by atoms with van der Waals surface area (Å²) in [5, 5.41) is 11.3. The molecule has 2 aromatic rings. The highest BCUT2D eigenvalue weighted by Crippen LogP contribution is 2.41. The van der Waals surface area contributed by atoms with E-state index in [1.807, 2.05) is 0 Å². The van der Waals surface area contributed by atoms with E-state index < -0.39 is 5.60 Å². The van der Waals surface area contributed by atoms with Crippen LogP contribution in [0.4, 0.5) is 0 Å². The zero-order valence-corrected chi connectivity index (χ0v) is 9.74. The summed E-state index contributed by atoms with van der Waals surface area (Å²) < 4.78 is 5.51. The molecule has 0 fully saturated rings. The molecule has 2 heterocycles. The Morgan fingerprint density at radius 1 is 1.47 bits per heavy atom. The van der Waals surface area contributed by atoms with E-state index in [2.05, 4.69) is 9.97 Å². The van der Waals surface area contributed by atoms with Gasteiger partial charge in [-0.15, -0.1) is 0 Å². The van der Waals surface area contributed by atoms with Crippen LogP contribution in [-0.2, 0) is 5.60 Å². The third-order valence-electron chi connectivity index (χ3n) is 3.00. The Morgan fingerprint density at radius 2 is 2.35 bits per heavy atom. The number of aromatic amines is 1. The summed E-state index contributed by atoms with van der Waals surface area (Å²) in [5.74, 6) is 1.17. The normalized spacial score (nSPS) is 22.9. The largest absolute Gasteiger partial charge is 0.493 e. The zero-order valence-electron chi connectivity index (χ0n) is 8.98. The van der Waals surface area contributed by atoms with Gasteiger partial charge in [0.15, 0.2) is 5.60 Å². The minimum absolute atomic E-state index is 0.450. The molecule has 88 valence electrons. The summed E-state index contributed by atoms with van der Waals surface area (Å²) in [5.41, 5.74) is -0.492. The number of benzene rings is 1. The van der Waals surface area contributed by atoms with Crippen molar-refractivity contribution in [1.82, 2.24) is 9.97 Å². The average molecular weight is 251 g/mol. The minimum atomic E-state index is -1.15. The molecule has 0 bridgehead atoms. The Balaban J connectivity index is 2.19. The van der Waals surface area contributed by atoms with Crippen LogP contribution in [0.1, 0.15) is 17.8 Å². The molecule has 0 radical (unpaired) electrons. The molecule has 0 amide bonds. The van der Waals surface area contributed by atoms with Gasteiger partial charge in [0.05, 0.1) is 6.61 Å². The Kier molecular flexibility index (Phi) is 2.34. The molecule has 0 spiro atoms. The van der Waals surface area contributed by atoms with Crippen molar-refractivity contribution in [1.29, 1.82) is 0 Å². The minimum Gasteiger partial charge on any atom is -0.493 e. The van der Waals surface area contributed by atoms with Crippen LogP contribution < -0.4 is 4.74 Å². The van der Waals surface area contributed by atoms with Crippen LogP contribution in [-0.4, -0.2) is 21.7 Å². The Morgan fingerprint density at radius 3 is 3.12 bits per heavy atom. The number of nitrogens with one attached hydrogen (secondary N) is 1. The fourth-order valence-electron chi connectivity index (χ4n) is 2.13. The lowest BCUT2D eigenvalue weighted by molar-refractivity contribution is 0.0278. The van der Waals surface area contributed by atoms with E-state index in [9.17, 15) is 5.11 Å². The first-order valence-electron chi connectivity index (χ1n) is 5.35. The summed E-state index contributed by atoms with van der Waals surface area (Å²) in [6.07, 6.45) is 3.76. The van der Waals surface area contributed by atoms with E-state index in [-0.39, 0.29) is 0 Å². The lowest BCUT2D eigenvalue weighted by Gasteiger charge is -2.32. The van der Waals surface area contributed by atoms with Gasteiger partial charge in [-0.1, -0.05) is 11.6 Å². The third-order valence-corrected chi connectivity index (χ3v) is 3.23. The van der Waals surface area contributed by atoms with Gasteiger partial charge in [-0.05, 0) is 18.2 Å². The summed E-state index contributed by atoms with van der Waals surface area (Å²) in [6.45, 7) is 0.450. The lowest BCUT2D eigenvalue weighted by Crippen LogP contribution is -2.35. The van der Waals surface area contributed by atoms with Crippen molar-refractivity contribution in [3.8, 4) is 5.75 Å². The topological polar surface area (TPSA) is 58.1 Å². The molecule has 1 aromatic heterocycles. The molecule has 1 aliphatic heterocycles. The fourth-order valence-corrected chi connectivity index (χ4v) is 2.30. The fraction of sp³-hybridized carbons (Fsp3) is 0.250. The third kappa shape index (κ3) is 1.61. The van der Waals surface area contributed by atoms with Gasteiger partial charge < -0.3 is 14.8 Å². The zero-order chi connectivity index (χ0) is 11.9. The van der Waals surface area contributed by atoms with Gasteiger partial charge in [-0.3, -0.25) is 0 Å². The standard InChI is InChI=1S/C12H11ClN2O2/c13-8-1-2-10-9(7-8)12(16,3-6-17-10)11-14-4-5-15-11/h1-2,4-5,7,16H,3,6H2,(H,14,15). The summed E-state index contributed by atoms with van der Waals surface area (Å²) >= 11 is 5.97. The highest BCUT2D eigenvalue weighted by atomic mass is 35.5. The van der Waals surface area contributed by atoms with Crippen molar-refractivity contribution in [2.45, 2.75) is 12.0 Å². The first-order valence-corrected chi connectivity index (χ1v) is 5.73. The number of imidazole rings is 1. The van der Waals surface area contributed by atoms with Crippen molar-refractivity contribution in [3.63, 3.8) is 0 Å². The van der Waals surface area contributed by atoms with Crippen LogP contribution in [0.3, 0.4) is 0 Å². The number of rotatable bonds is 1. The summed E-state index contributed by atoms with van der Waals surface area (Å²) in [6, 6.07) is 5.23. The SMILES string of the molecule is OC1(c2ncc[nH]2)CCOc2ccc(Cl)cc21. The van der Waals surface area contributed by atoms with E-state index in [1.54, 1.807) is 30.6 Å². The number of hydrogen-bond acceptors (Lipinski definition) is 3. The maximum Gasteiger partial charge on any atom is 0.154 e. The molecule has 1 atom stereocenters. The van der Waals surface area contributed by atoms with Gasteiger partial charge in [-0.2, -0.15) is 0 Å². The van der Waals surface area contributed by atoms with Crippen LogP contribution in [0.2, 0.25) is 5.02 Å². The number of nitrogens with zero attached hydrogens (tertiary/aromatic N) is 1. The van der Waals surface area contributed by atoms with Crippen LogP contribution in [0.5, 0.6) is 5.75 Å². The highest BCUT2D eigenvalue weighted by molar-refractivity contribution is 6.30. The quantitative estimate of drug-likeness (QED) is 0.815. The second-order valence-electron chi connectivity index (χ2n) is 4.04. The predicted octanol–water partition coefficient (Wildman–Crippen LogP) is 2.08. The molecule has 1 aliphatic rings. The molecule has 1 aromatic carbocycles. The van der Waals surface area contributed by atoms with Gasteiger partial charge in [0.2, 0.25) is 0 Å². The van der Waals surface area contributed by atoms with E-state index in [0.29, 0.717) is 35.2 Å². The van der Waals surface area contributed by atoms with Crippen LogP contribution in [0.15, 0.2) is 30.6 Å². The molecule has 5 heteroatoms. The molecule has 0 aliphatic carbocycles. The van der Waals surface area contributed by atoms with E-state index in [4.69, 9.17) is 16.3 Å². The van der Waals surface area contributed by atoms with Crippen molar-refractivity contribution >= 4 is 11.6 Å². The lowest BCUT2D eigenvalue weighted by atomic mass is 9.87. The molecule has 0 saturated carbocycles. The molecular weight excluding hydrogens is 240 g/mol. The Hall–Kier alpha value is -1.52. The highest BCUT2D eigenvalue weighted by Gasteiger charge is 2.39. The number of aliphatic hydroxyl groups is 1. The molecule has 0 saturated heterocycles. The second kappa shape index (κ2) is 3.75. The van der Waals surface area contributed by atoms with Gasteiger partial charge >= 0.3 is 0 Å². The monoisotopic (exact) mass is 250 g/mol. The van der Waals surface area contributed by atoms with E-state index in [1.165, 1.54) is 0 Å². The number of ether oxygens (including phenoxy) is 1. The summed E-state index contributed by atoms with van der Waals surface area (Å²) in [4.78, 5) is 7.08. The van der Waals surface area contributed by atoms with Gasteiger partial charge in [-0.25, -0.2) is 4.98 Å². The smallest absolute Gasteiger partial charge is 0.154 e. The summed E-state index contributed by atoms with van der Waals surface area (Å²) in [7, 11) is 0. The first kappa shape index (κ1) is 10.6. The molecule has 2 N–H and O–H groups in total. The maximum absolute atomic E-state index is 10.8. The molecular formula is C12H11ClN2O2. The second-order valence-corrected chi connectivity index (χ2v) is 4.47. The first-order chi connectivity index (χ1) is 8.20. The Labute approximate surface area is 103 Å². The number of aromatic nitrogens is 2. The molecule has 17 heavy (non-hydrogen) atoms. The van der Waals surface area contributed by atoms with Gasteiger partial charge in [0, 0.05) is 29.4 Å². The number of hydrogen-bond donors (Lipinski definition) is 2. The van der Waals surface area contributed by atoms with E-state index in [0.717, 1.165) is 0 Å². The predicted molar refractivity (Wildman–Crippen MR) is 63.2 cm³/mol. The van der Waals surface area contributed by atoms with Crippen LogP contribution >= 0.6 is 11.6 Å². The van der Waals surface area contributed by atoms with Crippen molar-refractivity contribution in [3.05, 3.63) is 47.0 Å². The molecule has 4 nitrogen and oxygen atoms in total. The molecule has 3 rings (SSSR count). The van der Waals surface area contributed by atoms with Crippen LogP contribution in [0, 0.1) is 0 Å². The Bertz CT molecular complexity index is 541. The van der Waals surface area contributed by atoms with Gasteiger partial charge in [0.25, 0.3) is 0 Å². The van der Waals surface area contributed by atoms with E-state index >= 15 is 0 Å². The van der Waals surface area contributed by atoms with Crippen molar-refractivity contribution in [2.75, 3.05) is 6.61 Å².